The summed E-state index contributed by atoms with van der Waals surface area (Å²) in [6.45, 7) is 7.45. The number of benzene rings is 1. The van der Waals surface area contributed by atoms with Crippen LogP contribution in [0.1, 0.15) is 28.4 Å². The maximum atomic E-state index is 13.2. The summed E-state index contributed by atoms with van der Waals surface area (Å²) in [6, 6.07) is 4.04. The molecule has 32 heavy (non-hydrogen) atoms. The van der Waals surface area contributed by atoms with Gasteiger partial charge in [0.1, 0.15) is 17.4 Å². The lowest BCUT2D eigenvalue weighted by Crippen LogP contribution is -2.43. The number of aryl methyl sites for hydroxylation is 1. The summed E-state index contributed by atoms with van der Waals surface area (Å²) >= 11 is 0. The number of amides is 1. The molecule has 0 aliphatic carbocycles. The zero-order valence-electron chi connectivity index (χ0n) is 18.3. The fraction of sp³-hybridized carbons (Fsp3) is 0.435. The third-order valence-electron chi connectivity index (χ3n) is 6.24. The number of ether oxygens (including phenoxy) is 1. The van der Waals surface area contributed by atoms with E-state index in [1.807, 2.05) is 32.2 Å². The highest BCUT2D eigenvalue weighted by Crippen LogP contribution is 2.40. The molecular weight excluding hydrogens is 408 g/mol. The first-order valence-electron chi connectivity index (χ1n) is 11.0. The monoisotopic (exact) mass is 436 g/mol. The van der Waals surface area contributed by atoms with Crippen LogP contribution < -0.4 is 20.3 Å². The average molecular weight is 437 g/mol. The van der Waals surface area contributed by atoms with Gasteiger partial charge in [0.2, 0.25) is 0 Å². The number of nitrogens with one attached hydrogen (secondary N) is 2. The van der Waals surface area contributed by atoms with E-state index in [1.165, 1.54) is 0 Å². The van der Waals surface area contributed by atoms with Crippen LogP contribution in [0.5, 0.6) is 5.75 Å². The summed E-state index contributed by atoms with van der Waals surface area (Å²) in [5.74, 6) is 0.623. The number of hydrogen-bond acceptors (Lipinski definition) is 7. The highest BCUT2D eigenvalue weighted by Gasteiger charge is 2.30. The first kappa shape index (κ1) is 20.7. The number of nitrogens with zero attached hydrogens (tertiary/aromatic N) is 4. The molecule has 1 saturated heterocycles. The van der Waals surface area contributed by atoms with Crippen LogP contribution >= 0.6 is 0 Å². The smallest absolute Gasteiger partial charge is 0.261 e. The van der Waals surface area contributed by atoms with Crippen molar-refractivity contribution >= 4 is 22.9 Å². The molecule has 1 fully saturated rings. The lowest BCUT2D eigenvalue weighted by atomic mass is 10.00. The van der Waals surface area contributed by atoms with Crippen LogP contribution in [-0.4, -0.2) is 64.5 Å². The van der Waals surface area contributed by atoms with Crippen molar-refractivity contribution in [3.63, 3.8) is 0 Å². The van der Waals surface area contributed by atoms with Crippen LogP contribution in [0, 0.1) is 12.8 Å². The Kier molecular flexibility index (Phi) is 5.44. The minimum Gasteiger partial charge on any atom is -0.489 e. The van der Waals surface area contributed by atoms with E-state index in [1.54, 1.807) is 16.9 Å². The molecule has 5 rings (SSSR count). The highest BCUT2D eigenvalue weighted by atomic mass is 16.5. The third kappa shape index (κ3) is 3.78. The molecule has 0 saturated carbocycles. The molecule has 1 amide bonds. The van der Waals surface area contributed by atoms with Gasteiger partial charge < -0.3 is 25.4 Å². The van der Waals surface area contributed by atoms with Crippen LogP contribution in [0.4, 0.5) is 11.4 Å². The van der Waals surface area contributed by atoms with E-state index in [0.717, 1.165) is 54.4 Å². The number of fused-ring (bicyclic) bond motifs is 2. The second-order valence-electron chi connectivity index (χ2n) is 8.65. The molecule has 4 heterocycles. The fourth-order valence-corrected chi connectivity index (χ4v) is 4.32. The quantitative estimate of drug-likeness (QED) is 0.558. The second-order valence-corrected chi connectivity index (χ2v) is 8.65. The zero-order chi connectivity index (χ0) is 22.2. The van der Waals surface area contributed by atoms with Crippen molar-refractivity contribution in [2.45, 2.75) is 26.4 Å². The molecule has 2 atom stereocenters. The Morgan fingerprint density at radius 1 is 1.34 bits per heavy atom. The third-order valence-corrected chi connectivity index (χ3v) is 6.24. The Balaban J connectivity index is 1.48. The fourth-order valence-electron chi connectivity index (χ4n) is 4.32. The molecule has 3 N–H and O–H groups in total. The van der Waals surface area contributed by atoms with Gasteiger partial charge in [-0.05, 0) is 18.6 Å². The van der Waals surface area contributed by atoms with Crippen LogP contribution in [0.25, 0.3) is 5.65 Å². The van der Waals surface area contributed by atoms with Gasteiger partial charge in [-0.2, -0.15) is 5.10 Å². The van der Waals surface area contributed by atoms with Crippen LogP contribution in [0.2, 0.25) is 0 Å². The van der Waals surface area contributed by atoms with Crippen molar-refractivity contribution in [3.8, 4) is 5.75 Å². The second kappa shape index (κ2) is 8.40. The molecule has 2 aliphatic heterocycles. The Morgan fingerprint density at radius 2 is 2.16 bits per heavy atom. The minimum absolute atomic E-state index is 0.0383. The lowest BCUT2D eigenvalue weighted by Gasteiger charge is -2.31. The number of piperazine rings is 1. The number of aromatic nitrogens is 3. The van der Waals surface area contributed by atoms with Gasteiger partial charge in [0.25, 0.3) is 5.91 Å². The van der Waals surface area contributed by atoms with E-state index in [4.69, 9.17) is 4.74 Å². The molecule has 9 nitrogen and oxygen atoms in total. The number of rotatable bonds is 5. The van der Waals surface area contributed by atoms with Gasteiger partial charge in [-0.25, -0.2) is 9.50 Å². The molecule has 1 aromatic carbocycles. The van der Waals surface area contributed by atoms with Gasteiger partial charge in [-0.15, -0.1) is 0 Å². The Bertz CT molecular complexity index is 1150. The zero-order valence-corrected chi connectivity index (χ0v) is 18.3. The molecule has 2 unspecified atom stereocenters. The standard InChI is InChI=1S/C23H28N6O3/c1-14-10-25-22-17(11-26-29(22)12-14)23(31)27-18-7-16-8-20(15(2)13-30)32-21(16)9-19(18)28-5-3-24-4-6-28/h7,9-12,15,20,24,30H,3-6,8,13H2,1-2H3,(H,27,31). The Morgan fingerprint density at radius 3 is 2.94 bits per heavy atom. The molecule has 3 aromatic rings. The molecule has 0 bridgehead atoms. The summed E-state index contributed by atoms with van der Waals surface area (Å²) in [7, 11) is 0. The van der Waals surface area contributed by atoms with Crippen LogP contribution in [-0.2, 0) is 6.42 Å². The van der Waals surface area contributed by atoms with Gasteiger partial charge in [-0.3, -0.25) is 4.79 Å². The minimum atomic E-state index is -0.244. The van der Waals surface area contributed by atoms with E-state index in [2.05, 4.69) is 25.6 Å². The molecule has 9 heteroatoms. The van der Waals surface area contributed by atoms with Gasteiger partial charge in [0.05, 0.1) is 17.6 Å². The average Bonchev–Trinajstić information content (AvgIpc) is 3.42. The van der Waals surface area contributed by atoms with E-state index in [0.29, 0.717) is 17.6 Å². The summed E-state index contributed by atoms with van der Waals surface area (Å²) in [4.78, 5) is 19.9. The lowest BCUT2D eigenvalue weighted by molar-refractivity contribution is 0.102. The molecule has 2 aromatic heterocycles. The van der Waals surface area contributed by atoms with Gasteiger partial charge in [-0.1, -0.05) is 6.92 Å². The van der Waals surface area contributed by atoms with Crippen molar-refractivity contribution in [2.24, 2.45) is 5.92 Å². The number of aliphatic hydroxyl groups excluding tert-OH is 1. The molecule has 0 radical (unpaired) electrons. The predicted octanol–water partition coefficient (Wildman–Crippen LogP) is 1.63. The van der Waals surface area contributed by atoms with Gasteiger partial charge >= 0.3 is 0 Å². The van der Waals surface area contributed by atoms with Crippen molar-refractivity contribution in [3.05, 3.63) is 47.4 Å². The molecule has 0 spiro atoms. The van der Waals surface area contributed by atoms with Gasteiger partial charge in [0.15, 0.2) is 5.65 Å². The normalized spacial score (nSPS) is 19.0. The Labute approximate surface area is 186 Å². The largest absolute Gasteiger partial charge is 0.489 e. The number of anilines is 2. The van der Waals surface area contributed by atoms with Crippen molar-refractivity contribution in [1.29, 1.82) is 0 Å². The summed E-state index contributed by atoms with van der Waals surface area (Å²) in [5, 5.41) is 20.3. The molecule has 2 aliphatic rings. The van der Waals surface area contributed by atoms with Crippen molar-refractivity contribution in [1.82, 2.24) is 19.9 Å². The number of aliphatic hydroxyl groups is 1. The summed E-state index contributed by atoms with van der Waals surface area (Å²) in [6.07, 6.45) is 5.77. The summed E-state index contributed by atoms with van der Waals surface area (Å²) in [5.41, 5.74) is 4.66. The first-order valence-corrected chi connectivity index (χ1v) is 11.0. The maximum absolute atomic E-state index is 13.2. The maximum Gasteiger partial charge on any atom is 0.261 e. The van der Waals surface area contributed by atoms with E-state index < -0.39 is 0 Å². The molecule has 168 valence electrons. The van der Waals surface area contributed by atoms with Gasteiger partial charge in [0, 0.05) is 69.1 Å². The topological polar surface area (TPSA) is 104 Å². The number of hydrogen-bond donors (Lipinski definition) is 3. The molecular formula is C23H28N6O3. The van der Waals surface area contributed by atoms with E-state index in [9.17, 15) is 9.90 Å². The van der Waals surface area contributed by atoms with Crippen LogP contribution in [0.3, 0.4) is 0 Å². The summed E-state index contributed by atoms with van der Waals surface area (Å²) < 4.78 is 7.78. The number of carbonyl (C=O) groups is 1. The SMILES string of the molecule is Cc1cnc2c(C(=O)Nc3cc4c(cc3N3CCNCC3)OC(C(C)CO)C4)cnn2c1. The van der Waals surface area contributed by atoms with Crippen LogP contribution in [0.15, 0.2) is 30.7 Å². The first-order chi connectivity index (χ1) is 15.5. The number of carbonyl (C=O) groups excluding carboxylic acids is 1. The van der Waals surface area contributed by atoms with E-state index >= 15 is 0 Å². The predicted molar refractivity (Wildman–Crippen MR) is 122 cm³/mol. The van der Waals surface area contributed by atoms with E-state index in [-0.39, 0.29) is 24.5 Å². The van der Waals surface area contributed by atoms with Crippen molar-refractivity contribution in [2.75, 3.05) is 43.0 Å². The van der Waals surface area contributed by atoms with Crippen molar-refractivity contribution < 1.29 is 14.6 Å². The highest BCUT2D eigenvalue weighted by molar-refractivity contribution is 6.09. The Hall–Kier alpha value is -3.17.